The van der Waals surface area contributed by atoms with Crippen molar-refractivity contribution in [3.8, 4) is 0 Å². The van der Waals surface area contributed by atoms with Crippen molar-refractivity contribution in [1.82, 2.24) is 9.55 Å². The molecule has 3 rings (SSSR count). The highest BCUT2D eigenvalue weighted by molar-refractivity contribution is 7.18. The van der Waals surface area contributed by atoms with Gasteiger partial charge in [0.25, 0.3) is 5.56 Å². The Hall–Kier alpha value is -2.48. The third kappa shape index (κ3) is 3.70. The largest absolute Gasteiger partial charge is 0.416 e. The maximum Gasteiger partial charge on any atom is 0.416 e. The molecule has 0 aliphatic rings. The van der Waals surface area contributed by atoms with Gasteiger partial charge in [-0.05, 0) is 24.1 Å². The molecule has 0 N–H and O–H groups in total. The molecule has 8 heteroatoms. The molecule has 136 valence electrons. The molecule has 2 aromatic heterocycles. The van der Waals surface area contributed by atoms with Gasteiger partial charge in [0.15, 0.2) is 5.78 Å². The van der Waals surface area contributed by atoms with Crippen LogP contribution >= 0.6 is 11.3 Å². The first kappa shape index (κ1) is 18.3. The first-order valence-electron chi connectivity index (χ1n) is 7.94. The number of alkyl halides is 3. The number of carbonyl (C=O) groups excluding carboxylic acids is 1. The minimum Gasteiger partial charge on any atom is -0.297 e. The van der Waals surface area contributed by atoms with Gasteiger partial charge in [0.05, 0.1) is 23.8 Å². The fourth-order valence-electron chi connectivity index (χ4n) is 2.71. The minimum absolute atomic E-state index is 0.101. The Kier molecular flexibility index (Phi) is 4.95. The molecule has 0 amide bonds. The number of benzene rings is 1. The Labute approximate surface area is 150 Å². The molecule has 2 heterocycles. The second-order valence-electron chi connectivity index (χ2n) is 5.83. The fourth-order valence-corrected chi connectivity index (χ4v) is 3.63. The van der Waals surface area contributed by atoms with Crippen molar-refractivity contribution in [2.45, 2.75) is 32.5 Å². The molecule has 0 aliphatic heterocycles. The summed E-state index contributed by atoms with van der Waals surface area (Å²) in [7, 11) is 0. The topological polar surface area (TPSA) is 52.0 Å². The molecule has 26 heavy (non-hydrogen) atoms. The van der Waals surface area contributed by atoms with Crippen molar-refractivity contribution in [2.24, 2.45) is 0 Å². The summed E-state index contributed by atoms with van der Waals surface area (Å²) in [6.45, 7) is 1.65. The monoisotopic (exact) mass is 380 g/mol. The maximum absolute atomic E-state index is 13.0. The van der Waals surface area contributed by atoms with Gasteiger partial charge in [-0.25, -0.2) is 4.98 Å². The second-order valence-corrected chi connectivity index (χ2v) is 6.95. The number of fused-ring (bicyclic) bond motifs is 1. The quantitative estimate of drug-likeness (QED) is 0.676. The normalized spacial score (nSPS) is 11.8. The molecular weight excluding hydrogens is 365 g/mol. The molecule has 0 spiro atoms. The Morgan fingerprint density at radius 3 is 2.69 bits per heavy atom. The lowest BCUT2D eigenvalue weighted by molar-refractivity contribution is -0.138. The van der Waals surface area contributed by atoms with Crippen LogP contribution in [0.4, 0.5) is 13.2 Å². The summed E-state index contributed by atoms with van der Waals surface area (Å²) in [5.74, 6) is -0.490. The standard InChI is InChI=1S/C18H15F3N2O2S/c1-2-13-8-14-16(26-13)22-10-23(17(14)25)9-12(24)7-11-5-3-4-6-15(11)18(19,20)21/h3-6,8,10H,2,7,9H2,1H3. The summed E-state index contributed by atoms with van der Waals surface area (Å²) >= 11 is 1.41. The number of hydrogen-bond donors (Lipinski definition) is 0. The van der Waals surface area contributed by atoms with Crippen LogP contribution in [-0.2, 0) is 30.4 Å². The van der Waals surface area contributed by atoms with E-state index >= 15 is 0 Å². The van der Waals surface area contributed by atoms with Gasteiger partial charge >= 0.3 is 6.18 Å². The number of thiophene rings is 1. The molecule has 3 aromatic rings. The zero-order chi connectivity index (χ0) is 18.9. The smallest absolute Gasteiger partial charge is 0.297 e. The first-order valence-corrected chi connectivity index (χ1v) is 8.76. The average molecular weight is 380 g/mol. The number of halogens is 3. The van der Waals surface area contributed by atoms with E-state index in [-0.39, 0.29) is 17.7 Å². The Morgan fingerprint density at radius 1 is 1.27 bits per heavy atom. The van der Waals surface area contributed by atoms with E-state index < -0.39 is 23.9 Å². The van der Waals surface area contributed by atoms with Crippen LogP contribution in [0.2, 0.25) is 0 Å². The summed E-state index contributed by atoms with van der Waals surface area (Å²) < 4.78 is 40.2. The number of aryl methyl sites for hydroxylation is 1. The molecule has 0 saturated heterocycles. The van der Waals surface area contributed by atoms with Crippen LogP contribution in [0.15, 0.2) is 41.5 Å². The summed E-state index contributed by atoms with van der Waals surface area (Å²) in [6, 6.07) is 6.70. The van der Waals surface area contributed by atoms with Gasteiger partial charge in [-0.1, -0.05) is 25.1 Å². The molecule has 0 aliphatic carbocycles. The van der Waals surface area contributed by atoms with Crippen LogP contribution in [0.5, 0.6) is 0 Å². The summed E-state index contributed by atoms with van der Waals surface area (Å²) in [4.78, 5) is 30.5. The number of aromatic nitrogens is 2. The van der Waals surface area contributed by atoms with E-state index in [0.29, 0.717) is 10.2 Å². The second kappa shape index (κ2) is 7.03. The van der Waals surface area contributed by atoms with Gasteiger partial charge in [0, 0.05) is 11.3 Å². The molecule has 0 unspecified atom stereocenters. The number of rotatable bonds is 5. The summed E-state index contributed by atoms with van der Waals surface area (Å²) in [5.41, 5.74) is -1.29. The molecule has 1 aromatic carbocycles. The van der Waals surface area contributed by atoms with Gasteiger partial charge in [-0.2, -0.15) is 13.2 Å². The molecule has 0 radical (unpaired) electrons. The summed E-state index contributed by atoms with van der Waals surface area (Å²) in [6.07, 6.45) is -2.88. The third-order valence-corrected chi connectivity index (χ3v) is 5.16. The van der Waals surface area contributed by atoms with Crippen molar-refractivity contribution in [3.05, 3.63) is 63.0 Å². The van der Waals surface area contributed by atoms with E-state index in [1.54, 1.807) is 6.07 Å². The van der Waals surface area contributed by atoms with E-state index in [9.17, 15) is 22.8 Å². The lowest BCUT2D eigenvalue weighted by Gasteiger charge is -2.12. The third-order valence-electron chi connectivity index (χ3n) is 3.97. The molecule has 0 atom stereocenters. The molecular formula is C18H15F3N2O2S. The van der Waals surface area contributed by atoms with Gasteiger partial charge < -0.3 is 0 Å². The van der Waals surface area contributed by atoms with Crippen LogP contribution in [0.25, 0.3) is 10.2 Å². The predicted molar refractivity (Wildman–Crippen MR) is 93.4 cm³/mol. The minimum atomic E-state index is -4.53. The Balaban J connectivity index is 1.84. The van der Waals surface area contributed by atoms with Crippen molar-refractivity contribution < 1.29 is 18.0 Å². The highest BCUT2D eigenvalue weighted by atomic mass is 32.1. The molecule has 0 fully saturated rings. The van der Waals surface area contributed by atoms with E-state index in [1.165, 1.54) is 35.9 Å². The van der Waals surface area contributed by atoms with Gasteiger partial charge in [0.1, 0.15) is 4.83 Å². The Bertz CT molecular complexity index is 1020. The first-order chi connectivity index (χ1) is 12.3. The summed E-state index contributed by atoms with van der Waals surface area (Å²) in [5, 5.41) is 0.429. The van der Waals surface area contributed by atoms with Crippen molar-refractivity contribution >= 4 is 27.3 Å². The number of ketones is 1. The van der Waals surface area contributed by atoms with Gasteiger partial charge in [-0.15, -0.1) is 11.3 Å². The van der Waals surface area contributed by atoms with Crippen molar-refractivity contribution in [2.75, 3.05) is 0 Å². The SMILES string of the molecule is CCc1cc2c(=O)n(CC(=O)Cc3ccccc3C(F)(F)F)cnc2s1. The molecule has 4 nitrogen and oxygen atoms in total. The number of carbonyl (C=O) groups is 1. The van der Waals surface area contributed by atoms with Crippen LogP contribution in [0.3, 0.4) is 0 Å². The van der Waals surface area contributed by atoms with Gasteiger partial charge in [0.2, 0.25) is 0 Å². The molecule has 0 saturated carbocycles. The maximum atomic E-state index is 13.0. The zero-order valence-electron chi connectivity index (χ0n) is 13.8. The van der Waals surface area contributed by atoms with Crippen molar-refractivity contribution in [3.63, 3.8) is 0 Å². The number of nitrogens with zero attached hydrogens (tertiary/aromatic N) is 2. The highest BCUT2D eigenvalue weighted by Gasteiger charge is 2.33. The average Bonchev–Trinajstić information content (AvgIpc) is 3.01. The predicted octanol–water partition coefficient (Wildman–Crippen LogP) is 3.85. The lowest BCUT2D eigenvalue weighted by Crippen LogP contribution is -2.25. The van der Waals surface area contributed by atoms with Crippen LogP contribution in [0, 0.1) is 0 Å². The van der Waals surface area contributed by atoms with Crippen LogP contribution in [0.1, 0.15) is 22.9 Å². The highest BCUT2D eigenvalue weighted by Crippen LogP contribution is 2.32. The Morgan fingerprint density at radius 2 is 2.00 bits per heavy atom. The van der Waals surface area contributed by atoms with E-state index in [1.807, 2.05) is 6.92 Å². The molecule has 0 bridgehead atoms. The van der Waals surface area contributed by atoms with E-state index in [4.69, 9.17) is 0 Å². The lowest BCUT2D eigenvalue weighted by atomic mass is 10.0. The van der Waals surface area contributed by atoms with Crippen molar-refractivity contribution in [1.29, 1.82) is 0 Å². The van der Waals surface area contributed by atoms with Gasteiger partial charge in [-0.3, -0.25) is 14.2 Å². The number of Topliss-reactive ketones (excluding diaryl/α,β-unsaturated/α-hetero) is 1. The van der Waals surface area contributed by atoms with E-state index in [2.05, 4.69) is 4.98 Å². The zero-order valence-corrected chi connectivity index (χ0v) is 14.7. The number of hydrogen-bond acceptors (Lipinski definition) is 4. The van der Waals surface area contributed by atoms with E-state index in [0.717, 1.165) is 21.9 Å². The van der Waals surface area contributed by atoms with Crippen LogP contribution < -0.4 is 5.56 Å². The van der Waals surface area contributed by atoms with Crippen LogP contribution in [-0.4, -0.2) is 15.3 Å². The fraction of sp³-hybridized carbons (Fsp3) is 0.278.